The molecule has 0 heterocycles. The van der Waals surface area contributed by atoms with Crippen LogP contribution in [0.15, 0.2) is 0 Å². The fraction of sp³-hybridized carbons (Fsp3) is 1.00. The molecule has 1 aliphatic carbocycles. The molecule has 0 saturated heterocycles. The molecular formula is C15H32N2O. The summed E-state index contributed by atoms with van der Waals surface area (Å²) in [7, 11) is 4.22. The largest absolute Gasteiger partial charge is 0.394 e. The Hall–Kier alpha value is -0.120. The molecule has 1 saturated carbocycles. The van der Waals surface area contributed by atoms with E-state index in [2.05, 4.69) is 52.0 Å². The molecule has 1 fully saturated rings. The van der Waals surface area contributed by atoms with Crippen molar-refractivity contribution in [2.45, 2.75) is 52.1 Å². The molecule has 0 aliphatic heterocycles. The first-order chi connectivity index (χ1) is 8.31. The smallest absolute Gasteiger partial charge is 0.0609 e. The highest BCUT2D eigenvalue weighted by Crippen LogP contribution is 2.34. The van der Waals surface area contributed by atoms with Gasteiger partial charge < -0.3 is 10.4 Å². The molecule has 0 bridgehead atoms. The number of likely N-dealkylation sites (N-methyl/N-ethyl adjacent to an activating group) is 1. The van der Waals surface area contributed by atoms with E-state index in [1.165, 1.54) is 12.8 Å². The van der Waals surface area contributed by atoms with Crippen molar-refractivity contribution >= 4 is 0 Å². The summed E-state index contributed by atoms with van der Waals surface area (Å²) in [4.78, 5) is 2.31. The normalized spacial score (nSPS) is 34.0. The van der Waals surface area contributed by atoms with E-state index < -0.39 is 0 Å². The van der Waals surface area contributed by atoms with Crippen LogP contribution >= 0.6 is 0 Å². The van der Waals surface area contributed by atoms with Gasteiger partial charge in [0.2, 0.25) is 0 Å². The second-order valence-electron chi connectivity index (χ2n) is 6.96. The van der Waals surface area contributed by atoms with Gasteiger partial charge in [-0.15, -0.1) is 0 Å². The lowest BCUT2D eigenvalue weighted by Gasteiger charge is -2.44. The van der Waals surface area contributed by atoms with E-state index in [4.69, 9.17) is 0 Å². The number of aliphatic hydroxyl groups is 1. The van der Waals surface area contributed by atoms with Gasteiger partial charge in [-0.2, -0.15) is 0 Å². The van der Waals surface area contributed by atoms with Crippen molar-refractivity contribution in [2.75, 3.05) is 27.2 Å². The van der Waals surface area contributed by atoms with Gasteiger partial charge in [-0.3, -0.25) is 4.90 Å². The summed E-state index contributed by atoms with van der Waals surface area (Å²) in [6.07, 6.45) is 2.61. The summed E-state index contributed by atoms with van der Waals surface area (Å²) in [5.74, 6) is 2.26. The van der Waals surface area contributed by atoms with E-state index in [-0.39, 0.29) is 12.1 Å². The van der Waals surface area contributed by atoms with Gasteiger partial charge in [0.05, 0.1) is 6.61 Å². The van der Waals surface area contributed by atoms with Crippen LogP contribution in [-0.2, 0) is 0 Å². The number of nitrogens with zero attached hydrogens (tertiary/aromatic N) is 1. The van der Waals surface area contributed by atoms with E-state index in [0.717, 1.165) is 18.4 Å². The third kappa shape index (κ3) is 3.69. The van der Waals surface area contributed by atoms with Crippen LogP contribution in [0.4, 0.5) is 0 Å². The lowest BCUT2D eigenvalue weighted by molar-refractivity contribution is 0.0356. The predicted molar refractivity (Wildman–Crippen MR) is 77.7 cm³/mol. The number of hydrogen-bond donors (Lipinski definition) is 2. The maximum absolute atomic E-state index is 9.47. The van der Waals surface area contributed by atoms with Gasteiger partial charge >= 0.3 is 0 Å². The Morgan fingerprint density at radius 2 is 1.89 bits per heavy atom. The highest BCUT2D eigenvalue weighted by atomic mass is 16.3. The maximum atomic E-state index is 9.47. The molecule has 1 rings (SSSR count). The van der Waals surface area contributed by atoms with Crippen molar-refractivity contribution in [3.05, 3.63) is 0 Å². The molecule has 108 valence electrons. The van der Waals surface area contributed by atoms with Crippen LogP contribution in [0.5, 0.6) is 0 Å². The van der Waals surface area contributed by atoms with Gasteiger partial charge in [-0.05, 0) is 58.5 Å². The van der Waals surface area contributed by atoms with Crippen molar-refractivity contribution in [2.24, 2.45) is 17.8 Å². The molecule has 0 aromatic rings. The molecule has 4 unspecified atom stereocenters. The van der Waals surface area contributed by atoms with Gasteiger partial charge in [0.15, 0.2) is 0 Å². The summed E-state index contributed by atoms with van der Waals surface area (Å²) in [5.41, 5.74) is -0.124. The fourth-order valence-corrected chi connectivity index (χ4v) is 3.23. The van der Waals surface area contributed by atoms with Gasteiger partial charge in [-0.1, -0.05) is 13.8 Å². The van der Waals surface area contributed by atoms with Crippen molar-refractivity contribution in [1.29, 1.82) is 0 Å². The van der Waals surface area contributed by atoms with E-state index in [0.29, 0.717) is 12.0 Å². The quantitative estimate of drug-likeness (QED) is 0.789. The summed E-state index contributed by atoms with van der Waals surface area (Å²) in [5, 5.41) is 13.0. The molecule has 0 radical (unpaired) electrons. The van der Waals surface area contributed by atoms with Gasteiger partial charge in [-0.25, -0.2) is 0 Å². The second kappa shape index (κ2) is 6.36. The van der Waals surface area contributed by atoms with Gasteiger partial charge in [0, 0.05) is 18.1 Å². The zero-order valence-corrected chi connectivity index (χ0v) is 13.0. The topological polar surface area (TPSA) is 35.5 Å². The molecule has 18 heavy (non-hydrogen) atoms. The first-order valence-corrected chi connectivity index (χ1v) is 7.31. The molecule has 0 amide bonds. The Morgan fingerprint density at radius 1 is 1.28 bits per heavy atom. The maximum Gasteiger partial charge on any atom is 0.0609 e. The van der Waals surface area contributed by atoms with Crippen LogP contribution in [0.2, 0.25) is 0 Å². The van der Waals surface area contributed by atoms with E-state index in [9.17, 15) is 5.11 Å². The molecule has 0 spiro atoms. The zero-order valence-electron chi connectivity index (χ0n) is 13.0. The Labute approximate surface area is 113 Å². The van der Waals surface area contributed by atoms with E-state index in [1.54, 1.807) is 0 Å². The van der Waals surface area contributed by atoms with Crippen molar-refractivity contribution in [3.63, 3.8) is 0 Å². The highest BCUT2D eigenvalue weighted by molar-refractivity contribution is 4.90. The standard InChI is InChI=1S/C15H32N2O/c1-11-7-12(2)13(14(8-11)16-5)9-17(6)15(3,4)10-18/h11-14,16,18H,7-10H2,1-6H3. The average Bonchev–Trinajstić information content (AvgIpc) is 2.31. The summed E-state index contributed by atoms with van der Waals surface area (Å²) in [6.45, 7) is 10.2. The lowest BCUT2D eigenvalue weighted by atomic mass is 9.72. The molecule has 1 aliphatic rings. The van der Waals surface area contributed by atoms with Crippen LogP contribution in [0.25, 0.3) is 0 Å². The fourth-order valence-electron chi connectivity index (χ4n) is 3.23. The van der Waals surface area contributed by atoms with Gasteiger partial charge in [0.1, 0.15) is 0 Å². The van der Waals surface area contributed by atoms with Gasteiger partial charge in [0.25, 0.3) is 0 Å². The summed E-state index contributed by atoms with van der Waals surface area (Å²) in [6, 6.07) is 0.612. The first kappa shape index (κ1) is 15.9. The molecule has 3 nitrogen and oxygen atoms in total. The minimum Gasteiger partial charge on any atom is -0.394 e. The van der Waals surface area contributed by atoms with Crippen LogP contribution in [0.3, 0.4) is 0 Å². The summed E-state index contributed by atoms with van der Waals surface area (Å²) < 4.78 is 0. The van der Waals surface area contributed by atoms with Crippen molar-refractivity contribution in [3.8, 4) is 0 Å². The van der Waals surface area contributed by atoms with Crippen LogP contribution in [0.1, 0.15) is 40.5 Å². The monoisotopic (exact) mass is 256 g/mol. The molecule has 0 aromatic heterocycles. The lowest BCUT2D eigenvalue weighted by Crippen LogP contribution is -2.52. The minimum absolute atomic E-state index is 0.124. The number of nitrogens with one attached hydrogen (secondary N) is 1. The zero-order chi connectivity index (χ0) is 13.9. The van der Waals surface area contributed by atoms with Crippen LogP contribution in [0, 0.1) is 17.8 Å². The summed E-state index contributed by atoms with van der Waals surface area (Å²) >= 11 is 0. The third-order valence-corrected chi connectivity index (χ3v) is 4.95. The first-order valence-electron chi connectivity index (χ1n) is 7.31. The number of rotatable bonds is 5. The average molecular weight is 256 g/mol. The van der Waals surface area contributed by atoms with E-state index in [1.807, 2.05) is 0 Å². The Balaban J connectivity index is 2.68. The van der Waals surface area contributed by atoms with Crippen LogP contribution in [-0.4, -0.2) is 48.8 Å². The Kier molecular flexibility index (Phi) is 5.63. The highest BCUT2D eigenvalue weighted by Gasteiger charge is 2.35. The minimum atomic E-state index is -0.124. The number of aliphatic hydroxyl groups excluding tert-OH is 1. The van der Waals surface area contributed by atoms with Crippen molar-refractivity contribution < 1.29 is 5.11 Å². The van der Waals surface area contributed by atoms with Crippen LogP contribution < -0.4 is 5.32 Å². The van der Waals surface area contributed by atoms with E-state index >= 15 is 0 Å². The van der Waals surface area contributed by atoms with Crippen molar-refractivity contribution in [1.82, 2.24) is 10.2 Å². The SMILES string of the molecule is CNC1CC(C)CC(C)C1CN(C)C(C)(C)CO. The molecule has 3 heteroatoms. The number of hydrogen-bond acceptors (Lipinski definition) is 3. The third-order valence-electron chi connectivity index (χ3n) is 4.95. The Morgan fingerprint density at radius 3 is 2.39 bits per heavy atom. The molecular weight excluding hydrogens is 224 g/mol. The molecule has 2 N–H and O–H groups in total. The predicted octanol–water partition coefficient (Wildman–Crippen LogP) is 1.96. The second-order valence-corrected chi connectivity index (χ2v) is 6.96. The molecule has 4 atom stereocenters. The Bertz CT molecular complexity index is 255. The molecule has 0 aromatic carbocycles.